The molecule has 0 unspecified atom stereocenters. The van der Waals surface area contributed by atoms with E-state index in [1.54, 1.807) is 36.5 Å². The van der Waals surface area contributed by atoms with Crippen molar-refractivity contribution in [3.05, 3.63) is 88.8 Å². The molecule has 0 spiro atoms. The van der Waals surface area contributed by atoms with Crippen LogP contribution in [0.5, 0.6) is 0 Å². The quantitative estimate of drug-likeness (QED) is 0.368. The lowest BCUT2D eigenvalue weighted by atomic mass is 10.0. The van der Waals surface area contributed by atoms with Crippen LogP contribution in [0.15, 0.2) is 66.9 Å². The van der Waals surface area contributed by atoms with Crippen molar-refractivity contribution >= 4 is 34.3 Å². The minimum atomic E-state index is -0.492. The summed E-state index contributed by atoms with van der Waals surface area (Å²) in [6.45, 7) is 0. The van der Waals surface area contributed by atoms with Crippen LogP contribution in [0.25, 0.3) is 22.3 Å². The first kappa shape index (κ1) is 21.5. The molecule has 0 aliphatic heterocycles. The number of amides is 2. The van der Waals surface area contributed by atoms with Gasteiger partial charge in [-0.15, -0.1) is 0 Å². The summed E-state index contributed by atoms with van der Waals surface area (Å²) < 4.78 is 13.9. The minimum absolute atomic E-state index is 0.173. The van der Waals surface area contributed by atoms with E-state index in [0.29, 0.717) is 17.9 Å². The number of halogens is 2. The number of hydrogen-bond acceptors (Lipinski definition) is 3. The molecule has 8 heteroatoms. The molecule has 0 saturated carbocycles. The first-order valence-electron chi connectivity index (χ1n) is 10.1. The zero-order chi connectivity index (χ0) is 22.5. The van der Waals surface area contributed by atoms with Crippen LogP contribution < -0.4 is 10.9 Å². The number of nitrogens with zero attached hydrogens (tertiary/aromatic N) is 1. The van der Waals surface area contributed by atoms with Crippen LogP contribution in [0.1, 0.15) is 28.8 Å². The van der Waals surface area contributed by atoms with Gasteiger partial charge in [-0.2, -0.15) is 0 Å². The Morgan fingerprint density at radius 2 is 1.84 bits per heavy atom. The second-order valence-corrected chi connectivity index (χ2v) is 7.63. The molecule has 2 aromatic carbocycles. The number of benzene rings is 2. The summed E-state index contributed by atoms with van der Waals surface area (Å²) in [4.78, 5) is 32.1. The lowest BCUT2D eigenvalue weighted by Crippen LogP contribution is -2.41. The van der Waals surface area contributed by atoms with Gasteiger partial charge in [0.25, 0.3) is 5.91 Å². The lowest BCUT2D eigenvalue weighted by Gasteiger charge is -2.09. The van der Waals surface area contributed by atoms with Crippen molar-refractivity contribution in [2.75, 3.05) is 0 Å². The zero-order valence-corrected chi connectivity index (χ0v) is 17.7. The van der Waals surface area contributed by atoms with Crippen LogP contribution in [0.3, 0.4) is 0 Å². The van der Waals surface area contributed by atoms with Gasteiger partial charge >= 0.3 is 0 Å². The summed E-state index contributed by atoms with van der Waals surface area (Å²) in [6.07, 6.45) is 2.89. The predicted octanol–water partition coefficient (Wildman–Crippen LogP) is 4.81. The van der Waals surface area contributed by atoms with Crippen molar-refractivity contribution in [1.82, 2.24) is 20.8 Å². The van der Waals surface area contributed by atoms with Gasteiger partial charge in [0, 0.05) is 23.5 Å². The van der Waals surface area contributed by atoms with E-state index in [1.165, 1.54) is 12.1 Å². The predicted molar refractivity (Wildman–Crippen MR) is 121 cm³/mol. The highest BCUT2D eigenvalue weighted by atomic mass is 35.5. The standard InChI is InChI=1S/C24H20ClFN4O2/c25-19-8-2-1-6-17(19)24(32)30-29-22(31)10-5-7-16-18-14-15(26)11-12-20(18)28-23(16)21-9-3-4-13-27-21/h1-4,6,8-9,11-14,28H,5,7,10H2,(H,29,31)(H,30,32). The van der Waals surface area contributed by atoms with Crippen molar-refractivity contribution in [2.24, 2.45) is 0 Å². The van der Waals surface area contributed by atoms with Crippen LogP contribution in [0, 0.1) is 5.82 Å². The number of nitrogens with one attached hydrogen (secondary N) is 3. The Balaban J connectivity index is 1.42. The van der Waals surface area contributed by atoms with E-state index in [0.717, 1.165) is 27.9 Å². The van der Waals surface area contributed by atoms with E-state index >= 15 is 0 Å². The number of hydrogen-bond donors (Lipinski definition) is 3. The normalized spacial score (nSPS) is 10.8. The van der Waals surface area contributed by atoms with Gasteiger partial charge in [0.1, 0.15) is 5.82 Å². The maximum absolute atomic E-state index is 13.9. The van der Waals surface area contributed by atoms with E-state index in [2.05, 4.69) is 20.8 Å². The second-order valence-electron chi connectivity index (χ2n) is 7.22. The number of carbonyl (C=O) groups is 2. The first-order valence-corrected chi connectivity index (χ1v) is 10.5. The minimum Gasteiger partial charge on any atom is -0.353 e. The number of fused-ring (bicyclic) bond motifs is 1. The van der Waals surface area contributed by atoms with Gasteiger partial charge in [-0.3, -0.25) is 25.4 Å². The fourth-order valence-corrected chi connectivity index (χ4v) is 3.76. The Kier molecular flexibility index (Phi) is 6.47. The first-order chi connectivity index (χ1) is 15.5. The average Bonchev–Trinajstić information content (AvgIpc) is 3.16. The van der Waals surface area contributed by atoms with Crippen molar-refractivity contribution in [2.45, 2.75) is 19.3 Å². The monoisotopic (exact) mass is 450 g/mol. The molecule has 2 aromatic heterocycles. The number of carbonyl (C=O) groups excluding carboxylic acids is 2. The molecule has 2 amide bonds. The second kappa shape index (κ2) is 9.62. The Labute approximate surface area is 188 Å². The van der Waals surface area contributed by atoms with Crippen LogP contribution in [-0.4, -0.2) is 21.8 Å². The van der Waals surface area contributed by atoms with E-state index < -0.39 is 5.91 Å². The number of rotatable bonds is 6. The van der Waals surface area contributed by atoms with Crippen LogP contribution in [-0.2, 0) is 11.2 Å². The maximum atomic E-state index is 13.9. The number of aromatic nitrogens is 2. The van der Waals surface area contributed by atoms with Gasteiger partial charge in [0.05, 0.1) is 22.0 Å². The van der Waals surface area contributed by atoms with E-state index in [-0.39, 0.29) is 23.7 Å². The summed E-state index contributed by atoms with van der Waals surface area (Å²) in [5.74, 6) is -1.16. The van der Waals surface area contributed by atoms with Crippen LogP contribution in [0.2, 0.25) is 5.02 Å². The average molecular weight is 451 g/mol. The van der Waals surface area contributed by atoms with Gasteiger partial charge < -0.3 is 4.98 Å². The fourth-order valence-electron chi connectivity index (χ4n) is 3.54. The van der Waals surface area contributed by atoms with Gasteiger partial charge in [0.15, 0.2) is 0 Å². The third-order valence-corrected chi connectivity index (χ3v) is 5.38. The molecule has 4 rings (SSSR count). The van der Waals surface area contributed by atoms with Crippen LogP contribution in [0.4, 0.5) is 4.39 Å². The highest BCUT2D eigenvalue weighted by Crippen LogP contribution is 2.31. The highest BCUT2D eigenvalue weighted by Gasteiger charge is 2.16. The Hall–Kier alpha value is -3.71. The van der Waals surface area contributed by atoms with E-state index in [9.17, 15) is 14.0 Å². The number of aromatic amines is 1. The van der Waals surface area contributed by atoms with Crippen LogP contribution >= 0.6 is 11.6 Å². The summed E-state index contributed by atoms with van der Waals surface area (Å²) >= 11 is 5.99. The molecule has 0 atom stereocenters. The number of H-pyrrole nitrogens is 1. The lowest BCUT2D eigenvalue weighted by molar-refractivity contribution is -0.121. The summed E-state index contributed by atoms with van der Waals surface area (Å²) in [7, 11) is 0. The van der Waals surface area contributed by atoms with Gasteiger partial charge in [-0.05, 0) is 60.9 Å². The molecule has 3 N–H and O–H groups in total. The van der Waals surface area contributed by atoms with Crippen molar-refractivity contribution in [3.63, 3.8) is 0 Å². The zero-order valence-electron chi connectivity index (χ0n) is 17.0. The summed E-state index contributed by atoms with van der Waals surface area (Å²) in [6, 6.07) is 16.7. The maximum Gasteiger partial charge on any atom is 0.271 e. The third kappa shape index (κ3) is 4.78. The molecule has 0 saturated heterocycles. The number of aryl methyl sites for hydroxylation is 1. The van der Waals surface area contributed by atoms with Gasteiger partial charge in [-0.1, -0.05) is 29.8 Å². The molecule has 0 aliphatic rings. The third-order valence-electron chi connectivity index (χ3n) is 5.05. The smallest absolute Gasteiger partial charge is 0.271 e. The Morgan fingerprint density at radius 1 is 1.03 bits per heavy atom. The highest BCUT2D eigenvalue weighted by molar-refractivity contribution is 6.33. The summed E-state index contributed by atoms with van der Waals surface area (Å²) in [5, 5.41) is 1.06. The fraction of sp³-hybridized carbons (Fsp3) is 0.125. The molecular formula is C24H20ClFN4O2. The molecule has 0 fully saturated rings. The number of pyridine rings is 1. The Morgan fingerprint density at radius 3 is 2.62 bits per heavy atom. The molecule has 4 aromatic rings. The SMILES string of the molecule is O=C(CCCc1c(-c2ccccn2)[nH]c2ccc(F)cc12)NNC(=O)c1ccccc1Cl. The molecule has 162 valence electrons. The molecule has 0 radical (unpaired) electrons. The molecular weight excluding hydrogens is 431 g/mol. The van der Waals surface area contributed by atoms with Gasteiger partial charge in [-0.25, -0.2) is 4.39 Å². The number of hydrazine groups is 1. The topological polar surface area (TPSA) is 86.9 Å². The molecule has 0 bridgehead atoms. The largest absolute Gasteiger partial charge is 0.353 e. The van der Waals surface area contributed by atoms with Crippen molar-refractivity contribution in [3.8, 4) is 11.4 Å². The van der Waals surface area contributed by atoms with E-state index in [1.807, 2.05) is 18.2 Å². The van der Waals surface area contributed by atoms with E-state index in [4.69, 9.17) is 11.6 Å². The molecule has 0 aliphatic carbocycles. The summed E-state index contributed by atoms with van der Waals surface area (Å²) in [5.41, 5.74) is 8.29. The molecule has 2 heterocycles. The Bertz CT molecular complexity index is 1270. The van der Waals surface area contributed by atoms with Gasteiger partial charge in [0.2, 0.25) is 5.91 Å². The van der Waals surface area contributed by atoms with Crippen molar-refractivity contribution in [1.29, 1.82) is 0 Å². The molecule has 32 heavy (non-hydrogen) atoms. The van der Waals surface area contributed by atoms with Crippen molar-refractivity contribution < 1.29 is 14.0 Å². The molecule has 6 nitrogen and oxygen atoms in total.